The molecular weight excluding hydrogens is 328 g/mol. The maximum absolute atomic E-state index is 12.5. The fraction of sp³-hybridized carbons (Fsp3) is 0.176. The standard InChI is InChI=1S/C17H16N2O4S/c1-10-4-6-13(8-11(10)2)24(22,23)18-12-5-7-14-15(9-12)17(21)19(3)16(14)20/h4-9,18H,1-3H3. The topological polar surface area (TPSA) is 83.6 Å². The highest BCUT2D eigenvalue weighted by Gasteiger charge is 2.33. The Balaban J connectivity index is 1.96. The van der Waals surface area contributed by atoms with E-state index in [0.717, 1.165) is 16.0 Å². The van der Waals surface area contributed by atoms with Crippen molar-refractivity contribution >= 4 is 27.5 Å². The van der Waals surface area contributed by atoms with E-state index in [1.807, 2.05) is 13.8 Å². The van der Waals surface area contributed by atoms with Crippen LogP contribution in [0.4, 0.5) is 5.69 Å². The maximum Gasteiger partial charge on any atom is 0.261 e. The normalized spacial score (nSPS) is 14.0. The largest absolute Gasteiger partial charge is 0.280 e. The van der Waals surface area contributed by atoms with Crippen LogP contribution in [0.5, 0.6) is 0 Å². The van der Waals surface area contributed by atoms with E-state index in [-0.39, 0.29) is 21.7 Å². The summed E-state index contributed by atoms with van der Waals surface area (Å²) in [4.78, 5) is 25.0. The van der Waals surface area contributed by atoms with Gasteiger partial charge in [-0.2, -0.15) is 0 Å². The van der Waals surface area contributed by atoms with Gasteiger partial charge in [0.15, 0.2) is 0 Å². The highest BCUT2D eigenvalue weighted by molar-refractivity contribution is 7.92. The van der Waals surface area contributed by atoms with Gasteiger partial charge < -0.3 is 0 Å². The number of carbonyl (C=O) groups excluding carboxylic acids is 2. The fourth-order valence-corrected chi connectivity index (χ4v) is 3.65. The molecule has 2 aromatic rings. The van der Waals surface area contributed by atoms with Gasteiger partial charge in [0.05, 0.1) is 16.0 Å². The number of benzene rings is 2. The average molecular weight is 344 g/mol. The number of anilines is 1. The zero-order chi connectivity index (χ0) is 17.6. The van der Waals surface area contributed by atoms with Crippen LogP contribution in [-0.2, 0) is 10.0 Å². The van der Waals surface area contributed by atoms with Gasteiger partial charge in [-0.3, -0.25) is 19.2 Å². The minimum Gasteiger partial charge on any atom is -0.280 e. The van der Waals surface area contributed by atoms with Gasteiger partial charge in [0.2, 0.25) is 0 Å². The van der Waals surface area contributed by atoms with Gasteiger partial charge in [0, 0.05) is 12.7 Å². The molecule has 7 heteroatoms. The second kappa shape index (κ2) is 5.45. The van der Waals surface area contributed by atoms with Crippen LogP contribution in [0.25, 0.3) is 0 Å². The molecule has 0 unspecified atom stereocenters. The minimum absolute atomic E-state index is 0.144. The highest BCUT2D eigenvalue weighted by atomic mass is 32.2. The van der Waals surface area contributed by atoms with Crippen LogP contribution in [0.2, 0.25) is 0 Å². The van der Waals surface area contributed by atoms with Crippen LogP contribution < -0.4 is 4.72 Å². The first kappa shape index (κ1) is 16.2. The van der Waals surface area contributed by atoms with Gasteiger partial charge in [-0.15, -0.1) is 0 Å². The van der Waals surface area contributed by atoms with Crippen LogP contribution in [-0.4, -0.2) is 32.2 Å². The third-order valence-corrected chi connectivity index (χ3v) is 5.51. The summed E-state index contributed by atoms with van der Waals surface area (Å²) in [5, 5.41) is 0. The lowest BCUT2D eigenvalue weighted by Gasteiger charge is -2.10. The summed E-state index contributed by atoms with van der Waals surface area (Å²) in [6, 6.07) is 9.18. The molecule has 0 fully saturated rings. The average Bonchev–Trinajstić information content (AvgIpc) is 2.74. The van der Waals surface area contributed by atoms with Gasteiger partial charge in [-0.05, 0) is 55.3 Å². The zero-order valence-electron chi connectivity index (χ0n) is 13.5. The number of aryl methyl sites for hydroxylation is 2. The molecule has 24 heavy (non-hydrogen) atoms. The van der Waals surface area contributed by atoms with Gasteiger partial charge in [0.1, 0.15) is 0 Å². The second-order valence-corrected chi connectivity index (χ2v) is 7.46. The van der Waals surface area contributed by atoms with E-state index < -0.39 is 21.8 Å². The SMILES string of the molecule is Cc1ccc(S(=O)(=O)Nc2ccc3c(c2)C(=O)N(C)C3=O)cc1C. The van der Waals surface area contributed by atoms with E-state index in [2.05, 4.69) is 4.72 Å². The second-order valence-electron chi connectivity index (χ2n) is 5.78. The summed E-state index contributed by atoms with van der Waals surface area (Å²) in [6.07, 6.45) is 0. The first-order chi connectivity index (χ1) is 11.2. The number of nitrogens with one attached hydrogen (secondary N) is 1. The van der Waals surface area contributed by atoms with E-state index in [4.69, 9.17) is 0 Å². The number of imide groups is 1. The molecule has 1 aliphatic heterocycles. The summed E-state index contributed by atoms with van der Waals surface area (Å²) in [5.41, 5.74) is 2.58. The maximum atomic E-state index is 12.5. The lowest BCUT2D eigenvalue weighted by atomic mass is 10.1. The van der Waals surface area contributed by atoms with Crippen molar-refractivity contribution in [2.75, 3.05) is 11.8 Å². The van der Waals surface area contributed by atoms with Gasteiger partial charge in [0.25, 0.3) is 21.8 Å². The highest BCUT2D eigenvalue weighted by Crippen LogP contribution is 2.26. The van der Waals surface area contributed by atoms with Crippen molar-refractivity contribution < 1.29 is 18.0 Å². The molecule has 124 valence electrons. The number of fused-ring (bicyclic) bond motifs is 1. The number of sulfonamides is 1. The molecule has 1 N–H and O–H groups in total. The van der Waals surface area contributed by atoms with E-state index >= 15 is 0 Å². The van der Waals surface area contributed by atoms with E-state index in [1.54, 1.807) is 12.1 Å². The first-order valence-electron chi connectivity index (χ1n) is 7.27. The Hall–Kier alpha value is -2.67. The number of hydrogen-bond acceptors (Lipinski definition) is 4. The Morgan fingerprint density at radius 3 is 2.21 bits per heavy atom. The summed E-state index contributed by atoms with van der Waals surface area (Å²) in [5.74, 6) is -0.833. The van der Waals surface area contributed by atoms with Crippen LogP contribution in [0, 0.1) is 13.8 Å². The quantitative estimate of drug-likeness (QED) is 0.866. The molecule has 0 radical (unpaired) electrons. The predicted molar refractivity (Wildman–Crippen MR) is 89.6 cm³/mol. The van der Waals surface area contributed by atoms with Crippen molar-refractivity contribution in [3.8, 4) is 0 Å². The molecule has 3 rings (SSSR count). The Morgan fingerprint density at radius 1 is 0.875 bits per heavy atom. The molecule has 1 heterocycles. The molecule has 0 bridgehead atoms. The Kier molecular flexibility index (Phi) is 3.68. The Labute approximate surface area is 140 Å². The summed E-state index contributed by atoms with van der Waals surface area (Å²) < 4.78 is 27.5. The summed E-state index contributed by atoms with van der Waals surface area (Å²) in [6.45, 7) is 3.74. The smallest absolute Gasteiger partial charge is 0.261 e. The van der Waals surface area contributed by atoms with Crippen molar-refractivity contribution in [2.45, 2.75) is 18.7 Å². The van der Waals surface area contributed by atoms with Crippen molar-refractivity contribution in [2.24, 2.45) is 0 Å². The fourth-order valence-electron chi connectivity index (χ4n) is 2.52. The summed E-state index contributed by atoms with van der Waals surface area (Å²) in [7, 11) is -2.38. The molecule has 0 saturated heterocycles. The van der Waals surface area contributed by atoms with Crippen LogP contribution in [0.1, 0.15) is 31.8 Å². The van der Waals surface area contributed by atoms with Crippen molar-refractivity contribution in [1.29, 1.82) is 0 Å². The van der Waals surface area contributed by atoms with E-state index in [1.165, 1.54) is 31.3 Å². The lowest BCUT2D eigenvalue weighted by molar-refractivity contribution is 0.0693. The van der Waals surface area contributed by atoms with Gasteiger partial charge in [-0.25, -0.2) is 8.42 Å². The molecule has 0 saturated carbocycles. The third-order valence-electron chi connectivity index (χ3n) is 4.13. The molecule has 0 aromatic heterocycles. The van der Waals surface area contributed by atoms with E-state index in [0.29, 0.717) is 0 Å². The molecule has 0 aliphatic carbocycles. The molecule has 1 aliphatic rings. The Morgan fingerprint density at radius 2 is 1.54 bits per heavy atom. The molecule has 0 spiro atoms. The van der Waals surface area contributed by atoms with Crippen molar-refractivity contribution in [3.05, 3.63) is 58.7 Å². The third kappa shape index (κ3) is 2.56. The molecule has 2 aromatic carbocycles. The number of amides is 2. The van der Waals surface area contributed by atoms with Crippen molar-refractivity contribution in [1.82, 2.24) is 4.90 Å². The van der Waals surface area contributed by atoms with Gasteiger partial charge >= 0.3 is 0 Å². The number of hydrogen-bond donors (Lipinski definition) is 1. The molecule has 2 amide bonds. The molecule has 0 atom stereocenters. The monoisotopic (exact) mass is 344 g/mol. The number of rotatable bonds is 3. The van der Waals surface area contributed by atoms with Crippen LogP contribution in [0.3, 0.4) is 0 Å². The minimum atomic E-state index is -3.77. The first-order valence-corrected chi connectivity index (χ1v) is 8.75. The van der Waals surface area contributed by atoms with Crippen molar-refractivity contribution in [3.63, 3.8) is 0 Å². The predicted octanol–water partition coefficient (Wildman–Crippen LogP) is 2.33. The van der Waals surface area contributed by atoms with Crippen LogP contribution in [0.15, 0.2) is 41.3 Å². The van der Waals surface area contributed by atoms with Crippen LogP contribution >= 0.6 is 0 Å². The molecule has 6 nitrogen and oxygen atoms in total. The zero-order valence-corrected chi connectivity index (χ0v) is 14.3. The van der Waals surface area contributed by atoms with E-state index in [9.17, 15) is 18.0 Å². The number of carbonyl (C=O) groups is 2. The number of nitrogens with zero attached hydrogens (tertiary/aromatic N) is 1. The lowest BCUT2D eigenvalue weighted by Crippen LogP contribution is -2.24. The Bertz CT molecular complexity index is 980. The van der Waals surface area contributed by atoms with Gasteiger partial charge in [-0.1, -0.05) is 6.07 Å². The summed E-state index contributed by atoms with van der Waals surface area (Å²) >= 11 is 0. The molecular formula is C17H16N2O4S.